The first-order valence-electron chi connectivity index (χ1n) is 8.15. The molecule has 0 fully saturated rings. The first-order valence-corrected chi connectivity index (χ1v) is 9.03. The number of nitriles is 1. The zero-order chi connectivity index (χ0) is 18.5. The van der Waals surface area contributed by atoms with Crippen molar-refractivity contribution in [2.45, 2.75) is 13.8 Å². The minimum absolute atomic E-state index is 0.504. The van der Waals surface area contributed by atoms with Crippen LogP contribution in [0.3, 0.4) is 0 Å². The van der Waals surface area contributed by atoms with Crippen molar-refractivity contribution < 1.29 is 4.74 Å². The number of benzene rings is 2. The molecule has 0 spiro atoms. The average Bonchev–Trinajstić information content (AvgIpc) is 3.14. The summed E-state index contributed by atoms with van der Waals surface area (Å²) in [6, 6.07) is 16.1. The maximum Gasteiger partial charge on any atom is 0.136 e. The van der Waals surface area contributed by atoms with Crippen molar-refractivity contribution in [1.82, 2.24) is 4.98 Å². The molecule has 130 valence electrons. The number of nitrogens with zero attached hydrogens (tertiary/aromatic N) is 2. The molecule has 26 heavy (non-hydrogen) atoms. The molecule has 1 heterocycles. The molecule has 0 aliphatic heterocycles. The lowest BCUT2D eigenvalue weighted by Gasteiger charge is -2.06. The van der Waals surface area contributed by atoms with Crippen LogP contribution in [0.2, 0.25) is 0 Å². The van der Waals surface area contributed by atoms with Gasteiger partial charge in [0, 0.05) is 22.8 Å². The largest absolute Gasteiger partial charge is 0.497 e. The van der Waals surface area contributed by atoms with Crippen LogP contribution in [0.25, 0.3) is 16.8 Å². The van der Waals surface area contributed by atoms with Crippen molar-refractivity contribution in [3.05, 3.63) is 70.2 Å². The minimum atomic E-state index is 0.504. The number of rotatable bonds is 5. The monoisotopic (exact) mass is 361 g/mol. The predicted octanol–water partition coefficient (Wildman–Crippen LogP) is 5.41. The topological polar surface area (TPSA) is 57.9 Å². The van der Waals surface area contributed by atoms with Crippen LogP contribution in [0.15, 0.2) is 54.0 Å². The number of aromatic nitrogens is 1. The second-order valence-corrected chi connectivity index (χ2v) is 6.76. The molecule has 5 heteroatoms. The van der Waals surface area contributed by atoms with Crippen LogP contribution in [-0.2, 0) is 0 Å². The van der Waals surface area contributed by atoms with Crippen molar-refractivity contribution in [2.75, 3.05) is 12.4 Å². The SMILES string of the molecule is COc1cccc(-c2csc(C(C#N)=CNc3ccc(C)cc3C)n2)c1. The zero-order valence-electron chi connectivity index (χ0n) is 14.9. The average molecular weight is 361 g/mol. The highest BCUT2D eigenvalue weighted by Crippen LogP contribution is 2.28. The second-order valence-electron chi connectivity index (χ2n) is 5.90. The molecule has 0 radical (unpaired) electrons. The first kappa shape index (κ1) is 17.7. The highest BCUT2D eigenvalue weighted by atomic mass is 32.1. The summed E-state index contributed by atoms with van der Waals surface area (Å²) in [5.74, 6) is 0.782. The van der Waals surface area contributed by atoms with E-state index in [9.17, 15) is 5.26 Å². The first-order chi connectivity index (χ1) is 12.6. The van der Waals surface area contributed by atoms with Gasteiger partial charge in [0.2, 0.25) is 0 Å². The van der Waals surface area contributed by atoms with Crippen LogP contribution in [0.4, 0.5) is 5.69 Å². The van der Waals surface area contributed by atoms with Gasteiger partial charge in [0.25, 0.3) is 0 Å². The van der Waals surface area contributed by atoms with Gasteiger partial charge in [-0.15, -0.1) is 11.3 Å². The summed E-state index contributed by atoms with van der Waals surface area (Å²) in [7, 11) is 1.64. The van der Waals surface area contributed by atoms with E-state index >= 15 is 0 Å². The fourth-order valence-corrected chi connectivity index (χ4v) is 3.37. The normalized spacial score (nSPS) is 11.1. The molecular weight excluding hydrogens is 342 g/mol. The summed E-state index contributed by atoms with van der Waals surface area (Å²) >= 11 is 1.45. The molecule has 1 N–H and O–H groups in total. The Morgan fingerprint density at radius 3 is 2.81 bits per heavy atom. The molecular formula is C21H19N3OS. The molecule has 0 bridgehead atoms. The molecule has 3 aromatic rings. The van der Waals surface area contributed by atoms with Gasteiger partial charge in [0.1, 0.15) is 22.4 Å². The summed E-state index contributed by atoms with van der Waals surface area (Å²) in [5, 5.41) is 15.4. The molecule has 0 aliphatic carbocycles. The van der Waals surface area contributed by atoms with Crippen molar-refractivity contribution in [3.63, 3.8) is 0 Å². The predicted molar refractivity (Wildman–Crippen MR) is 107 cm³/mol. The van der Waals surface area contributed by atoms with E-state index in [0.29, 0.717) is 10.6 Å². The van der Waals surface area contributed by atoms with Crippen LogP contribution < -0.4 is 10.1 Å². The molecule has 0 aliphatic rings. The maximum atomic E-state index is 9.52. The number of ether oxygens (including phenoxy) is 1. The Kier molecular flexibility index (Phi) is 5.35. The van der Waals surface area contributed by atoms with Gasteiger partial charge in [-0.05, 0) is 37.6 Å². The fraction of sp³-hybridized carbons (Fsp3) is 0.143. The van der Waals surface area contributed by atoms with Crippen molar-refractivity contribution in [3.8, 4) is 23.1 Å². The molecule has 4 nitrogen and oxygen atoms in total. The minimum Gasteiger partial charge on any atom is -0.497 e. The van der Waals surface area contributed by atoms with Crippen LogP contribution in [-0.4, -0.2) is 12.1 Å². The highest BCUT2D eigenvalue weighted by Gasteiger charge is 2.10. The summed E-state index contributed by atoms with van der Waals surface area (Å²) in [6.45, 7) is 4.10. The van der Waals surface area contributed by atoms with Crippen molar-refractivity contribution in [2.24, 2.45) is 0 Å². The molecule has 3 rings (SSSR count). The molecule has 2 aromatic carbocycles. The van der Waals surface area contributed by atoms with Gasteiger partial charge in [0.15, 0.2) is 0 Å². The van der Waals surface area contributed by atoms with Gasteiger partial charge in [-0.3, -0.25) is 0 Å². The molecule has 0 saturated heterocycles. The lowest BCUT2D eigenvalue weighted by atomic mass is 10.1. The van der Waals surface area contributed by atoms with Crippen molar-refractivity contribution >= 4 is 22.6 Å². The van der Waals surface area contributed by atoms with Gasteiger partial charge < -0.3 is 10.1 Å². The number of hydrogen-bond acceptors (Lipinski definition) is 5. The second kappa shape index (κ2) is 7.85. The smallest absolute Gasteiger partial charge is 0.136 e. The third-order valence-electron chi connectivity index (χ3n) is 3.97. The van der Waals surface area contributed by atoms with Crippen molar-refractivity contribution in [1.29, 1.82) is 5.26 Å². The van der Waals surface area contributed by atoms with E-state index in [1.165, 1.54) is 16.9 Å². The Bertz CT molecular complexity index is 998. The van der Waals surface area contributed by atoms with E-state index in [1.807, 2.05) is 48.7 Å². The van der Waals surface area contributed by atoms with Crippen LogP contribution in [0.1, 0.15) is 16.1 Å². The summed E-state index contributed by atoms with van der Waals surface area (Å²) in [4.78, 5) is 4.61. The molecule has 0 unspecified atom stereocenters. The highest BCUT2D eigenvalue weighted by molar-refractivity contribution is 7.11. The van der Waals surface area contributed by atoms with Gasteiger partial charge in [-0.25, -0.2) is 4.98 Å². The Labute approximate surface area is 157 Å². The van der Waals surface area contributed by atoms with Crippen LogP contribution >= 0.6 is 11.3 Å². The van der Waals surface area contributed by atoms with Gasteiger partial charge in [-0.1, -0.05) is 29.8 Å². The molecule has 1 aromatic heterocycles. The number of methoxy groups -OCH3 is 1. The number of nitrogens with one attached hydrogen (secondary N) is 1. The molecule has 0 atom stereocenters. The Morgan fingerprint density at radius 1 is 1.23 bits per heavy atom. The summed E-state index contributed by atoms with van der Waals surface area (Å²) in [5.41, 5.74) is 5.62. The van der Waals surface area contributed by atoms with Crippen LogP contribution in [0, 0.1) is 25.2 Å². The lowest BCUT2D eigenvalue weighted by Crippen LogP contribution is -1.94. The fourth-order valence-electron chi connectivity index (χ4n) is 2.58. The maximum absolute atomic E-state index is 9.52. The van der Waals surface area contributed by atoms with E-state index in [1.54, 1.807) is 13.3 Å². The van der Waals surface area contributed by atoms with Gasteiger partial charge >= 0.3 is 0 Å². The third kappa shape index (κ3) is 3.93. The summed E-state index contributed by atoms with van der Waals surface area (Å²) in [6.07, 6.45) is 1.71. The summed E-state index contributed by atoms with van der Waals surface area (Å²) < 4.78 is 5.26. The number of thiazole rings is 1. The van der Waals surface area contributed by atoms with E-state index in [4.69, 9.17) is 4.74 Å². The van der Waals surface area contributed by atoms with Crippen LogP contribution in [0.5, 0.6) is 5.75 Å². The van der Waals surface area contributed by atoms with E-state index in [0.717, 1.165) is 28.3 Å². The zero-order valence-corrected chi connectivity index (χ0v) is 15.7. The number of allylic oxidation sites excluding steroid dienone is 1. The molecule has 0 saturated carbocycles. The third-order valence-corrected chi connectivity index (χ3v) is 4.85. The van der Waals surface area contributed by atoms with E-state index in [2.05, 4.69) is 29.4 Å². The number of aryl methyl sites for hydroxylation is 2. The lowest BCUT2D eigenvalue weighted by molar-refractivity contribution is 0.415. The quantitative estimate of drug-likeness (QED) is 0.617. The Morgan fingerprint density at radius 2 is 2.08 bits per heavy atom. The number of hydrogen-bond donors (Lipinski definition) is 1. The van der Waals surface area contributed by atoms with E-state index < -0.39 is 0 Å². The standard InChI is InChI=1S/C21H19N3OS/c1-14-7-8-19(15(2)9-14)23-12-17(11-22)21-24-20(13-26-21)16-5-4-6-18(10-16)25-3/h4-10,12-13,23H,1-3H3. The van der Waals surface area contributed by atoms with Gasteiger partial charge in [0.05, 0.1) is 12.8 Å². The number of anilines is 1. The van der Waals surface area contributed by atoms with E-state index in [-0.39, 0.29) is 0 Å². The Balaban J connectivity index is 1.85. The Hall–Kier alpha value is -3.10. The molecule has 0 amide bonds. The van der Waals surface area contributed by atoms with Gasteiger partial charge in [-0.2, -0.15) is 5.26 Å².